The number of anilines is 1. The van der Waals surface area contributed by atoms with Gasteiger partial charge in [0.2, 0.25) is 0 Å². The summed E-state index contributed by atoms with van der Waals surface area (Å²) in [6, 6.07) is 14.9. The second-order valence-corrected chi connectivity index (χ2v) is 9.01. The molecule has 3 aromatic rings. The van der Waals surface area contributed by atoms with Crippen LogP contribution in [-0.2, 0) is 19.5 Å². The van der Waals surface area contributed by atoms with E-state index in [4.69, 9.17) is 0 Å². The summed E-state index contributed by atoms with van der Waals surface area (Å²) in [6.45, 7) is 2.85. The number of nitro benzene ring substituents is 1. The Labute approximate surface area is 182 Å². The Morgan fingerprint density at radius 3 is 2.83 bits per heavy atom. The van der Waals surface area contributed by atoms with E-state index in [1.54, 1.807) is 18.4 Å². The Balaban J connectivity index is 1.45. The van der Waals surface area contributed by atoms with Gasteiger partial charge in [-0.3, -0.25) is 20.2 Å². The number of thiazole rings is 1. The molecule has 4 rings (SSSR count). The van der Waals surface area contributed by atoms with Gasteiger partial charge in [0.15, 0.2) is 5.13 Å². The van der Waals surface area contributed by atoms with Gasteiger partial charge in [0, 0.05) is 23.6 Å². The van der Waals surface area contributed by atoms with Crippen molar-refractivity contribution in [3.05, 3.63) is 80.3 Å². The molecule has 1 unspecified atom stereocenters. The average Bonchev–Trinajstić information content (AvgIpc) is 3.15. The van der Waals surface area contributed by atoms with E-state index in [-0.39, 0.29) is 17.2 Å². The molecule has 2 heterocycles. The highest BCUT2D eigenvalue weighted by Gasteiger charge is 2.25. The number of aromatic nitrogens is 1. The molecule has 0 saturated carbocycles. The quantitative estimate of drug-likeness (QED) is 0.348. The number of benzene rings is 2. The molecule has 0 spiro atoms. The van der Waals surface area contributed by atoms with Crippen molar-refractivity contribution >= 4 is 39.8 Å². The van der Waals surface area contributed by atoms with E-state index in [2.05, 4.69) is 34.6 Å². The van der Waals surface area contributed by atoms with Crippen molar-refractivity contribution in [2.75, 3.05) is 18.1 Å². The van der Waals surface area contributed by atoms with Crippen molar-refractivity contribution in [1.29, 1.82) is 0 Å². The number of nitro groups is 1. The van der Waals surface area contributed by atoms with Crippen LogP contribution >= 0.6 is 23.1 Å². The molecule has 0 fully saturated rings. The number of nitrogens with zero attached hydrogens (tertiary/aromatic N) is 2. The topological polar surface area (TPSA) is 89.6 Å². The first-order valence-corrected chi connectivity index (χ1v) is 11.6. The molecular formula is C21H21N4O3S2+. The maximum atomic E-state index is 12.6. The zero-order valence-corrected chi connectivity index (χ0v) is 18.0. The van der Waals surface area contributed by atoms with Gasteiger partial charge in [-0.15, -0.1) is 11.8 Å². The number of carbonyl (C=O) groups excluding carboxylic acids is 1. The van der Waals surface area contributed by atoms with E-state index >= 15 is 0 Å². The van der Waals surface area contributed by atoms with Gasteiger partial charge in [0.1, 0.15) is 13.1 Å². The van der Waals surface area contributed by atoms with Gasteiger partial charge in [-0.1, -0.05) is 41.7 Å². The normalized spacial score (nSPS) is 15.4. The smallest absolute Gasteiger partial charge is 0.283 e. The van der Waals surface area contributed by atoms with Crippen LogP contribution in [0.2, 0.25) is 0 Å². The number of fused-ring (bicyclic) bond motifs is 1. The maximum Gasteiger partial charge on any atom is 0.283 e. The van der Waals surface area contributed by atoms with E-state index in [0.29, 0.717) is 10.0 Å². The highest BCUT2D eigenvalue weighted by molar-refractivity contribution is 7.98. The summed E-state index contributed by atoms with van der Waals surface area (Å²) in [5, 5.41) is 14.6. The number of quaternary nitrogens is 1. The Hall–Kier alpha value is -2.75. The first-order chi connectivity index (χ1) is 14.5. The van der Waals surface area contributed by atoms with Crippen LogP contribution < -0.4 is 10.2 Å². The van der Waals surface area contributed by atoms with E-state index in [0.717, 1.165) is 31.7 Å². The molecule has 2 aromatic carbocycles. The summed E-state index contributed by atoms with van der Waals surface area (Å²) in [7, 11) is 0. The molecule has 1 atom stereocenters. The van der Waals surface area contributed by atoms with Crippen LogP contribution in [0, 0.1) is 10.1 Å². The largest absolute Gasteiger partial charge is 0.326 e. The lowest BCUT2D eigenvalue weighted by molar-refractivity contribution is -0.929. The first-order valence-electron chi connectivity index (χ1n) is 9.53. The lowest BCUT2D eigenvalue weighted by atomic mass is 10.1. The fourth-order valence-corrected chi connectivity index (χ4v) is 5.18. The number of rotatable bonds is 6. The zero-order valence-electron chi connectivity index (χ0n) is 16.4. The maximum absolute atomic E-state index is 12.6. The minimum Gasteiger partial charge on any atom is -0.326 e. The molecule has 2 N–H and O–H groups in total. The summed E-state index contributed by atoms with van der Waals surface area (Å²) in [5.74, 6) is -0.384. The number of hydrogen-bond acceptors (Lipinski definition) is 6. The summed E-state index contributed by atoms with van der Waals surface area (Å²) in [6.07, 6.45) is 2.64. The molecule has 7 nitrogen and oxygen atoms in total. The third-order valence-electron chi connectivity index (χ3n) is 5.06. The van der Waals surface area contributed by atoms with Gasteiger partial charge < -0.3 is 4.90 Å². The van der Waals surface area contributed by atoms with Crippen molar-refractivity contribution in [2.45, 2.75) is 24.4 Å². The van der Waals surface area contributed by atoms with Crippen molar-refractivity contribution in [3.8, 4) is 0 Å². The predicted octanol–water partition coefficient (Wildman–Crippen LogP) is 3.17. The first kappa shape index (κ1) is 20.5. The third-order valence-corrected chi connectivity index (χ3v) is 6.86. The Morgan fingerprint density at radius 2 is 2.10 bits per heavy atom. The van der Waals surface area contributed by atoms with Crippen LogP contribution in [0.3, 0.4) is 0 Å². The summed E-state index contributed by atoms with van der Waals surface area (Å²) in [4.78, 5) is 31.2. The van der Waals surface area contributed by atoms with Gasteiger partial charge in [0.25, 0.3) is 11.6 Å². The minimum atomic E-state index is -0.463. The van der Waals surface area contributed by atoms with Crippen LogP contribution in [0.1, 0.15) is 26.5 Å². The lowest BCUT2D eigenvalue weighted by Crippen LogP contribution is -3.10. The number of thioether (sulfide) groups is 1. The molecule has 30 heavy (non-hydrogen) atoms. The molecule has 1 aromatic heterocycles. The molecule has 1 aliphatic heterocycles. The number of hydrogen-bond donors (Lipinski definition) is 2. The molecule has 0 bridgehead atoms. The van der Waals surface area contributed by atoms with Crippen LogP contribution in [0.5, 0.6) is 0 Å². The number of nitrogens with one attached hydrogen (secondary N) is 2. The highest BCUT2D eigenvalue weighted by atomic mass is 32.2. The van der Waals surface area contributed by atoms with Crippen LogP contribution in [-0.4, -0.2) is 28.6 Å². The van der Waals surface area contributed by atoms with Gasteiger partial charge >= 0.3 is 0 Å². The van der Waals surface area contributed by atoms with E-state index in [9.17, 15) is 14.9 Å². The van der Waals surface area contributed by atoms with Crippen molar-refractivity contribution in [3.63, 3.8) is 0 Å². The molecular weight excluding hydrogens is 420 g/mol. The van der Waals surface area contributed by atoms with Gasteiger partial charge in [-0.2, -0.15) is 0 Å². The number of amides is 1. The molecule has 1 amide bonds. The molecule has 0 saturated heterocycles. The molecule has 0 aliphatic carbocycles. The highest BCUT2D eigenvalue weighted by Crippen LogP contribution is 2.29. The molecule has 1 aliphatic rings. The minimum absolute atomic E-state index is 0.0614. The molecule has 0 radical (unpaired) electrons. The summed E-state index contributed by atoms with van der Waals surface area (Å²) >= 11 is 2.77. The molecule has 9 heteroatoms. The summed E-state index contributed by atoms with van der Waals surface area (Å²) < 4.78 is 0. The third kappa shape index (κ3) is 4.53. The van der Waals surface area contributed by atoms with Gasteiger partial charge in [0.05, 0.1) is 26.9 Å². The van der Waals surface area contributed by atoms with E-state index < -0.39 is 4.92 Å². The predicted molar refractivity (Wildman–Crippen MR) is 118 cm³/mol. The van der Waals surface area contributed by atoms with Crippen molar-refractivity contribution in [1.82, 2.24) is 4.98 Å². The Bertz CT molecular complexity index is 1090. The Kier molecular flexibility index (Phi) is 6.12. The summed E-state index contributed by atoms with van der Waals surface area (Å²) in [5.41, 5.74) is 2.54. The fraction of sp³-hybridized carbons (Fsp3) is 0.238. The van der Waals surface area contributed by atoms with Crippen LogP contribution in [0.4, 0.5) is 10.8 Å². The second-order valence-electron chi connectivity index (χ2n) is 7.08. The zero-order chi connectivity index (χ0) is 21.1. The van der Waals surface area contributed by atoms with Crippen molar-refractivity contribution in [2.24, 2.45) is 0 Å². The molecule has 154 valence electrons. The van der Waals surface area contributed by atoms with Crippen LogP contribution in [0.25, 0.3) is 0 Å². The monoisotopic (exact) mass is 441 g/mol. The standard InChI is InChI=1S/C21H20N4O3S2/c1-29-18-8-7-15(11-17(18)25(27)28)20(26)23-21-22-16-9-10-24(13-19(16)30-21)12-14-5-3-2-4-6-14/h2-8,11H,9-10,12-13H2,1H3,(H,22,23,26)/p+1. The average molecular weight is 442 g/mol. The van der Waals surface area contributed by atoms with E-state index in [1.807, 2.05) is 6.07 Å². The van der Waals surface area contributed by atoms with Gasteiger partial charge in [-0.05, 0) is 18.4 Å². The second kappa shape index (κ2) is 8.95. The van der Waals surface area contributed by atoms with Crippen LogP contribution in [0.15, 0.2) is 53.4 Å². The number of carbonyl (C=O) groups is 1. The Morgan fingerprint density at radius 1 is 1.30 bits per heavy atom. The van der Waals surface area contributed by atoms with Gasteiger partial charge in [-0.25, -0.2) is 4.98 Å². The SMILES string of the molecule is CSc1ccc(C(=O)Nc2nc3c(s2)C[NH+](Cc2ccccc2)CC3)cc1[N+](=O)[O-]. The van der Waals surface area contributed by atoms with E-state index in [1.165, 1.54) is 44.5 Å². The lowest BCUT2D eigenvalue weighted by Gasteiger charge is -2.22. The van der Waals surface area contributed by atoms with Crippen molar-refractivity contribution < 1.29 is 14.6 Å². The fourth-order valence-electron chi connectivity index (χ4n) is 3.56.